The topological polar surface area (TPSA) is 78.0 Å². The SMILES string of the molecule is CC(=O)c1ccc(-n2cc(Cl)cn2)c([N+](=O)[O-])c1. The van der Waals surface area contributed by atoms with Crippen LogP contribution in [0.4, 0.5) is 5.69 Å². The molecule has 2 rings (SSSR count). The van der Waals surface area contributed by atoms with E-state index in [-0.39, 0.29) is 22.7 Å². The van der Waals surface area contributed by atoms with Crippen molar-refractivity contribution in [3.63, 3.8) is 0 Å². The lowest BCUT2D eigenvalue weighted by atomic mass is 10.1. The van der Waals surface area contributed by atoms with E-state index in [4.69, 9.17) is 11.6 Å². The van der Waals surface area contributed by atoms with Gasteiger partial charge in [-0.25, -0.2) is 4.68 Å². The molecule has 1 aromatic heterocycles. The first kappa shape index (κ1) is 12.3. The van der Waals surface area contributed by atoms with E-state index in [0.29, 0.717) is 5.02 Å². The van der Waals surface area contributed by atoms with Crippen molar-refractivity contribution in [2.24, 2.45) is 0 Å². The maximum Gasteiger partial charge on any atom is 0.295 e. The third-order valence-corrected chi connectivity index (χ3v) is 2.57. The predicted molar refractivity (Wildman–Crippen MR) is 65.2 cm³/mol. The monoisotopic (exact) mass is 265 g/mol. The van der Waals surface area contributed by atoms with Gasteiger partial charge in [0.05, 0.1) is 16.1 Å². The van der Waals surface area contributed by atoms with Crippen molar-refractivity contribution in [2.45, 2.75) is 6.92 Å². The fraction of sp³-hybridized carbons (Fsp3) is 0.0909. The summed E-state index contributed by atoms with van der Waals surface area (Å²) in [4.78, 5) is 21.6. The van der Waals surface area contributed by atoms with E-state index in [0.717, 1.165) is 0 Å². The Labute approximate surface area is 107 Å². The Morgan fingerprint density at radius 3 is 2.72 bits per heavy atom. The number of Topliss-reactive ketones (excluding diaryl/α,β-unsaturated/α-hetero) is 1. The average molecular weight is 266 g/mol. The number of carbonyl (C=O) groups is 1. The number of hydrogen-bond acceptors (Lipinski definition) is 4. The molecule has 0 unspecified atom stereocenters. The minimum absolute atomic E-state index is 0.192. The molecule has 0 spiro atoms. The Morgan fingerprint density at radius 2 is 2.22 bits per heavy atom. The number of nitrogens with zero attached hydrogens (tertiary/aromatic N) is 3. The van der Waals surface area contributed by atoms with E-state index in [1.165, 1.54) is 42.2 Å². The second kappa shape index (κ2) is 4.58. The third-order valence-electron chi connectivity index (χ3n) is 2.38. The van der Waals surface area contributed by atoms with Crippen molar-refractivity contribution in [1.29, 1.82) is 0 Å². The smallest absolute Gasteiger partial charge is 0.295 e. The standard InChI is InChI=1S/C11H8ClN3O3/c1-7(16)8-2-3-10(11(4-8)15(17)18)14-6-9(12)5-13-14/h2-6H,1H3. The van der Waals surface area contributed by atoms with E-state index in [1.54, 1.807) is 0 Å². The Bertz CT molecular complexity index is 636. The molecule has 18 heavy (non-hydrogen) atoms. The first-order chi connectivity index (χ1) is 8.49. The summed E-state index contributed by atoms with van der Waals surface area (Å²) in [5.41, 5.74) is 0.350. The highest BCUT2D eigenvalue weighted by Gasteiger charge is 2.18. The number of hydrogen-bond donors (Lipinski definition) is 0. The average Bonchev–Trinajstić information content (AvgIpc) is 2.74. The van der Waals surface area contributed by atoms with E-state index in [9.17, 15) is 14.9 Å². The van der Waals surface area contributed by atoms with Gasteiger partial charge >= 0.3 is 0 Å². The second-order valence-corrected chi connectivity index (χ2v) is 4.06. The van der Waals surface area contributed by atoms with Crippen LogP contribution in [-0.4, -0.2) is 20.5 Å². The Hall–Kier alpha value is -2.21. The molecule has 0 radical (unpaired) electrons. The highest BCUT2D eigenvalue weighted by molar-refractivity contribution is 6.30. The summed E-state index contributed by atoms with van der Waals surface area (Å²) >= 11 is 5.72. The molecule has 1 aromatic carbocycles. The molecule has 1 heterocycles. The summed E-state index contributed by atoms with van der Waals surface area (Å²) in [6.07, 6.45) is 2.83. The molecule has 0 saturated carbocycles. The van der Waals surface area contributed by atoms with Crippen LogP contribution in [-0.2, 0) is 0 Å². The third kappa shape index (κ3) is 2.23. The molecule has 0 bridgehead atoms. The number of ketones is 1. The minimum Gasteiger partial charge on any atom is -0.295 e. The quantitative estimate of drug-likeness (QED) is 0.485. The second-order valence-electron chi connectivity index (χ2n) is 3.62. The Balaban J connectivity index is 2.60. The molecular weight excluding hydrogens is 258 g/mol. The highest BCUT2D eigenvalue weighted by Crippen LogP contribution is 2.25. The van der Waals surface area contributed by atoms with Crippen molar-refractivity contribution < 1.29 is 9.72 Å². The van der Waals surface area contributed by atoms with Crippen LogP contribution in [0.5, 0.6) is 0 Å². The maximum atomic E-state index is 11.2. The Morgan fingerprint density at radius 1 is 1.50 bits per heavy atom. The Kier molecular flexibility index (Phi) is 3.12. The molecule has 0 atom stereocenters. The lowest BCUT2D eigenvalue weighted by Gasteiger charge is -2.04. The summed E-state index contributed by atoms with van der Waals surface area (Å²) < 4.78 is 1.30. The predicted octanol–water partition coefficient (Wildman–Crippen LogP) is 2.64. The summed E-state index contributed by atoms with van der Waals surface area (Å²) in [5.74, 6) is -0.233. The van der Waals surface area contributed by atoms with Crippen LogP contribution in [0.25, 0.3) is 5.69 Å². The van der Waals surface area contributed by atoms with Gasteiger partial charge in [-0.3, -0.25) is 14.9 Å². The van der Waals surface area contributed by atoms with Crippen LogP contribution in [0.2, 0.25) is 5.02 Å². The normalized spacial score (nSPS) is 10.3. The van der Waals surface area contributed by atoms with E-state index < -0.39 is 4.92 Å². The molecule has 7 heteroatoms. The first-order valence-electron chi connectivity index (χ1n) is 4.99. The van der Waals surface area contributed by atoms with Crippen molar-refractivity contribution >= 4 is 23.1 Å². The number of carbonyl (C=O) groups excluding carboxylic acids is 1. The van der Waals surface area contributed by atoms with Gasteiger partial charge in [0.25, 0.3) is 5.69 Å². The van der Waals surface area contributed by atoms with Gasteiger partial charge in [0, 0.05) is 17.8 Å². The summed E-state index contributed by atoms with van der Waals surface area (Å²) in [7, 11) is 0. The molecule has 2 aromatic rings. The number of aromatic nitrogens is 2. The molecule has 0 N–H and O–H groups in total. The summed E-state index contributed by atoms with van der Waals surface area (Å²) in [6, 6.07) is 4.21. The van der Waals surface area contributed by atoms with Gasteiger partial charge in [-0.05, 0) is 19.1 Å². The first-order valence-corrected chi connectivity index (χ1v) is 5.37. The zero-order chi connectivity index (χ0) is 13.3. The summed E-state index contributed by atoms with van der Waals surface area (Å²) in [6.45, 7) is 1.35. The number of nitro groups is 1. The molecule has 0 aliphatic rings. The fourth-order valence-electron chi connectivity index (χ4n) is 1.51. The molecule has 0 aliphatic heterocycles. The maximum absolute atomic E-state index is 11.2. The minimum atomic E-state index is -0.558. The molecule has 0 fully saturated rings. The van der Waals surface area contributed by atoms with Crippen LogP contribution < -0.4 is 0 Å². The molecule has 92 valence electrons. The number of nitro benzene ring substituents is 1. The highest BCUT2D eigenvalue weighted by atomic mass is 35.5. The van der Waals surface area contributed by atoms with Crippen LogP contribution in [0.1, 0.15) is 17.3 Å². The zero-order valence-corrected chi connectivity index (χ0v) is 10.1. The van der Waals surface area contributed by atoms with Crippen LogP contribution in [0, 0.1) is 10.1 Å². The van der Waals surface area contributed by atoms with Gasteiger partial charge in [-0.2, -0.15) is 5.10 Å². The lowest BCUT2D eigenvalue weighted by molar-refractivity contribution is -0.384. The van der Waals surface area contributed by atoms with Gasteiger partial charge in [0.1, 0.15) is 5.69 Å². The molecule has 0 aliphatic carbocycles. The fourth-order valence-corrected chi connectivity index (χ4v) is 1.65. The van der Waals surface area contributed by atoms with Gasteiger partial charge < -0.3 is 0 Å². The van der Waals surface area contributed by atoms with Crippen LogP contribution in [0.3, 0.4) is 0 Å². The number of halogens is 1. The largest absolute Gasteiger partial charge is 0.295 e. The van der Waals surface area contributed by atoms with Gasteiger partial charge in [0.2, 0.25) is 0 Å². The molecule has 0 amide bonds. The molecule has 0 saturated heterocycles. The van der Waals surface area contributed by atoms with E-state index in [2.05, 4.69) is 5.10 Å². The molecule has 6 nitrogen and oxygen atoms in total. The van der Waals surface area contributed by atoms with Crippen molar-refractivity contribution in [1.82, 2.24) is 9.78 Å². The van der Waals surface area contributed by atoms with Crippen LogP contribution in [0.15, 0.2) is 30.6 Å². The van der Waals surface area contributed by atoms with Crippen molar-refractivity contribution in [3.05, 3.63) is 51.3 Å². The summed E-state index contributed by atoms with van der Waals surface area (Å²) in [5, 5.41) is 15.3. The lowest BCUT2D eigenvalue weighted by Crippen LogP contribution is -2.03. The van der Waals surface area contributed by atoms with Crippen molar-refractivity contribution in [3.8, 4) is 5.69 Å². The van der Waals surface area contributed by atoms with E-state index in [1.807, 2.05) is 0 Å². The number of rotatable bonds is 3. The van der Waals surface area contributed by atoms with Gasteiger partial charge in [-0.1, -0.05) is 11.6 Å². The zero-order valence-electron chi connectivity index (χ0n) is 9.33. The van der Waals surface area contributed by atoms with Crippen LogP contribution >= 0.6 is 11.6 Å². The van der Waals surface area contributed by atoms with Gasteiger partial charge in [0.15, 0.2) is 5.78 Å². The van der Waals surface area contributed by atoms with Crippen molar-refractivity contribution in [2.75, 3.05) is 0 Å². The number of benzene rings is 1. The van der Waals surface area contributed by atoms with Gasteiger partial charge in [-0.15, -0.1) is 0 Å². The van der Waals surface area contributed by atoms with E-state index >= 15 is 0 Å². The molecular formula is C11H8ClN3O3.